The molecule has 6 nitrogen and oxygen atoms in total. The first-order valence-corrected chi connectivity index (χ1v) is 6.97. The maximum atomic E-state index is 11.4. The maximum Gasteiger partial charge on any atom is 0.243 e. The second kappa shape index (κ2) is 5.21. The molecular formula is C11H19N3O3S. The summed E-state index contributed by atoms with van der Waals surface area (Å²) in [5, 5.41) is 5.10. The van der Waals surface area contributed by atoms with Crippen LogP contribution in [0.4, 0.5) is 0 Å². The van der Waals surface area contributed by atoms with Gasteiger partial charge in [0.25, 0.3) is 0 Å². The van der Waals surface area contributed by atoms with E-state index < -0.39 is 10.0 Å². The van der Waals surface area contributed by atoms with E-state index in [9.17, 15) is 8.42 Å². The summed E-state index contributed by atoms with van der Waals surface area (Å²) < 4.78 is 28.2. The van der Waals surface area contributed by atoms with Gasteiger partial charge in [0, 0.05) is 11.7 Å². The number of hydrogen-bond acceptors (Lipinski definition) is 5. The fourth-order valence-electron chi connectivity index (χ4n) is 1.08. The minimum atomic E-state index is -3.82. The second-order valence-corrected chi connectivity index (χ2v) is 6.38. The summed E-state index contributed by atoms with van der Waals surface area (Å²) >= 11 is 0. The quantitative estimate of drug-likeness (QED) is 0.841. The molecular weight excluding hydrogens is 254 g/mol. The third-order valence-corrected chi connectivity index (χ3v) is 3.74. The van der Waals surface area contributed by atoms with Crippen LogP contribution in [-0.2, 0) is 10.0 Å². The highest BCUT2D eigenvalue weighted by Crippen LogP contribution is 2.20. The number of primary sulfonamides is 1. The average Bonchev–Trinajstić information content (AvgIpc) is 2.25. The molecule has 102 valence electrons. The predicted molar refractivity (Wildman–Crippen MR) is 68.9 cm³/mol. The number of nitrogens with two attached hydrogens (primary N) is 1. The summed E-state index contributed by atoms with van der Waals surface area (Å²) in [6.45, 7) is 4.26. The van der Waals surface area contributed by atoms with E-state index in [0.29, 0.717) is 6.61 Å². The Morgan fingerprint density at radius 3 is 2.56 bits per heavy atom. The number of rotatable bonds is 5. The Labute approximate surface area is 108 Å². The monoisotopic (exact) mass is 273 g/mol. The SMILES string of the molecule is CN(C)C(C)(C)COc1ncccc1S(N)(=O)=O. The Bertz CT molecular complexity index is 512. The third kappa shape index (κ3) is 3.66. The maximum absolute atomic E-state index is 11.4. The van der Waals surface area contributed by atoms with Crippen molar-refractivity contribution < 1.29 is 13.2 Å². The van der Waals surface area contributed by atoms with E-state index in [4.69, 9.17) is 9.88 Å². The standard InChI is InChI=1S/C11H19N3O3S/c1-11(2,14(3)4)8-17-10-9(18(12,15)16)6-5-7-13-10/h5-7H,8H2,1-4H3,(H2,12,15,16). The highest BCUT2D eigenvalue weighted by Gasteiger charge is 2.23. The number of sulfonamides is 1. The molecule has 0 aliphatic carbocycles. The van der Waals surface area contributed by atoms with Crippen molar-refractivity contribution >= 4 is 10.0 Å². The Hall–Kier alpha value is -1.18. The number of aromatic nitrogens is 1. The summed E-state index contributed by atoms with van der Waals surface area (Å²) in [5.41, 5.74) is -0.243. The molecule has 0 atom stereocenters. The molecule has 2 N–H and O–H groups in total. The third-order valence-electron chi connectivity index (χ3n) is 2.82. The summed E-state index contributed by atoms with van der Waals surface area (Å²) in [6, 6.07) is 2.88. The summed E-state index contributed by atoms with van der Waals surface area (Å²) in [4.78, 5) is 5.79. The average molecular weight is 273 g/mol. The molecule has 0 unspecified atom stereocenters. The number of nitrogens with zero attached hydrogens (tertiary/aromatic N) is 2. The molecule has 0 spiro atoms. The first kappa shape index (κ1) is 14.9. The van der Waals surface area contributed by atoms with Crippen molar-refractivity contribution in [1.82, 2.24) is 9.88 Å². The molecule has 0 fully saturated rings. The lowest BCUT2D eigenvalue weighted by atomic mass is 10.1. The largest absolute Gasteiger partial charge is 0.475 e. The van der Waals surface area contributed by atoms with Gasteiger partial charge in [-0.05, 0) is 40.1 Å². The van der Waals surface area contributed by atoms with Gasteiger partial charge < -0.3 is 9.64 Å². The fourth-order valence-corrected chi connectivity index (χ4v) is 1.70. The van der Waals surface area contributed by atoms with Crippen LogP contribution in [-0.4, -0.2) is 44.5 Å². The minimum absolute atomic E-state index is 0.0370. The Morgan fingerprint density at radius 2 is 2.06 bits per heavy atom. The van der Waals surface area contributed by atoms with Gasteiger partial charge in [0.05, 0.1) is 0 Å². The van der Waals surface area contributed by atoms with Gasteiger partial charge in [0.15, 0.2) is 0 Å². The fraction of sp³-hybridized carbons (Fsp3) is 0.545. The Kier molecular flexibility index (Phi) is 4.31. The molecule has 1 heterocycles. The molecule has 7 heteroatoms. The van der Waals surface area contributed by atoms with E-state index in [1.54, 1.807) is 0 Å². The van der Waals surface area contributed by atoms with E-state index in [-0.39, 0.29) is 16.3 Å². The van der Waals surface area contributed by atoms with Crippen molar-refractivity contribution in [3.05, 3.63) is 18.3 Å². The van der Waals surface area contributed by atoms with Crippen LogP contribution in [0.3, 0.4) is 0 Å². The first-order valence-electron chi connectivity index (χ1n) is 5.42. The van der Waals surface area contributed by atoms with E-state index >= 15 is 0 Å². The zero-order chi connectivity index (χ0) is 14.0. The van der Waals surface area contributed by atoms with Crippen LogP contribution in [0.5, 0.6) is 5.88 Å². The Morgan fingerprint density at radius 1 is 1.44 bits per heavy atom. The van der Waals surface area contributed by atoms with E-state index in [0.717, 1.165) is 0 Å². The first-order chi connectivity index (χ1) is 8.14. The van der Waals surface area contributed by atoms with Crippen LogP contribution in [0.1, 0.15) is 13.8 Å². The van der Waals surface area contributed by atoms with Gasteiger partial charge in [-0.2, -0.15) is 0 Å². The number of likely N-dealkylation sites (N-methyl/N-ethyl adjacent to an activating group) is 1. The van der Waals surface area contributed by atoms with Crippen LogP contribution in [0.2, 0.25) is 0 Å². The summed E-state index contributed by atoms with van der Waals surface area (Å²) in [7, 11) is 0.0155. The second-order valence-electron chi connectivity index (χ2n) is 4.85. The lowest BCUT2D eigenvalue weighted by Crippen LogP contribution is -2.43. The molecule has 1 aromatic heterocycles. The number of pyridine rings is 1. The molecule has 0 saturated heterocycles. The summed E-state index contributed by atoms with van der Waals surface area (Å²) in [6.07, 6.45) is 1.46. The molecule has 18 heavy (non-hydrogen) atoms. The smallest absolute Gasteiger partial charge is 0.243 e. The van der Waals surface area contributed by atoms with Gasteiger partial charge in [-0.3, -0.25) is 0 Å². The molecule has 0 aliphatic heterocycles. The van der Waals surface area contributed by atoms with Crippen molar-refractivity contribution in [2.45, 2.75) is 24.3 Å². The van der Waals surface area contributed by atoms with Crippen molar-refractivity contribution in [2.75, 3.05) is 20.7 Å². The van der Waals surface area contributed by atoms with Gasteiger partial charge in [0.2, 0.25) is 15.9 Å². The zero-order valence-electron chi connectivity index (χ0n) is 11.0. The van der Waals surface area contributed by atoms with Crippen molar-refractivity contribution in [1.29, 1.82) is 0 Å². The van der Waals surface area contributed by atoms with Crippen molar-refractivity contribution in [3.63, 3.8) is 0 Å². The summed E-state index contributed by atoms with van der Waals surface area (Å²) in [5.74, 6) is 0.0370. The lowest BCUT2D eigenvalue weighted by Gasteiger charge is -2.32. The number of hydrogen-bond donors (Lipinski definition) is 1. The molecule has 1 aromatic rings. The van der Waals surface area contributed by atoms with Crippen molar-refractivity contribution in [3.8, 4) is 5.88 Å². The molecule has 0 aromatic carbocycles. The van der Waals surface area contributed by atoms with Crippen molar-refractivity contribution in [2.24, 2.45) is 5.14 Å². The number of ether oxygens (including phenoxy) is 1. The van der Waals surface area contributed by atoms with Crippen LogP contribution >= 0.6 is 0 Å². The van der Waals surface area contributed by atoms with E-state index in [2.05, 4.69) is 4.98 Å². The van der Waals surface area contributed by atoms with E-state index in [1.807, 2.05) is 32.8 Å². The van der Waals surface area contributed by atoms with Crippen LogP contribution < -0.4 is 9.88 Å². The van der Waals surface area contributed by atoms with E-state index in [1.165, 1.54) is 18.3 Å². The lowest BCUT2D eigenvalue weighted by molar-refractivity contribution is 0.109. The zero-order valence-corrected chi connectivity index (χ0v) is 11.9. The van der Waals surface area contributed by atoms with Gasteiger partial charge in [-0.1, -0.05) is 0 Å². The molecule has 0 radical (unpaired) electrons. The Balaban J connectivity index is 2.94. The highest BCUT2D eigenvalue weighted by molar-refractivity contribution is 7.89. The molecule has 0 bridgehead atoms. The molecule has 0 amide bonds. The van der Waals surface area contributed by atoms with Crippen LogP contribution in [0.15, 0.2) is 23.2 Å². The molecule has 0 aliphatic rings. The minimum Gasteiger partial charge on any atom is -0.475 e. The van der Waals surface area contributed by atoms with Crippen LogP contribution in [0.25, 0.3) is 0 Å². The normalized spacial score (nSPS) is 12.8. The van der Waals surface area contributed by atoms with Gasteiger partial charge >= 0.3 is 0 Å². The predicted octanol–water partition coefficient (Wildman–Crippen LogP) is 0.448. The highest BCUT2D eigenvalue weighted by atomic mass is 32.2. The van der Waals surface area contributed by atoms with Gasteiger partial charge in [-0.25, -0.2) is 18.5 Å². The topological polar surface area (TPSA) is 85.5 Å². The van der Waals surface area contributed by atoms with Crippen LogP contribution in [0, 0.1) is 0 Å². The van der Waals surface area contributed by atoms with Gasteiger partial charge in [-0.15, -0.1) is 0 Å². The molecule has 0 saturated carbocycles. The molecule has 1 rings (SSSR count). The van der Waals surface area contributed by atoms with Gasteiger partial charge in [0.1, 0.15) is 11.5 Å².